The minimum absolute atomic E-state index is 0.189. The van der Waals surface area contributed by atoms with Crippen LogP contribution >= 0.6 is 0 Å². The van der Waals surface area contributed by atoms with Gasteiger partial charge < -0.3 is 9.13 Å². The monoisotopic (exact) mass is 610 g/mol. The van der Waals surface area contributed by atoms with Crippen LogP contribution in [0.15, 0.2) is 84.9 Å². The molecule has 0 atom stereocenters. The molecule has 47 heavy (non-hydrogen) atoms. The second-order valence-electron chi connectivity index (χ2n) is 14.3. The SMILES string of the molecule is Cc1ccc2c3ccc(-c4cc(C)c5c(n4)-c4nc(-c6ccc7c8ccc(C)cc8n(C)c7c6)cc(C)c4C5(C)C)cc3n(C)c2c1. The highest BCUT2D eigenvalue weighted by Gasteiger charge is 2.41. The predicted molar refractivity (Wildman–Crippen MR) is 197 cm³/mol. The third-order valence-electron chi connectivity index (χ3n) is 10.8. The molecule has 1 aliphatic carbocycles. The molecular formula is C43H38N4. The number of hydrogen-bond donors (Lipinski definition) is 0. The number of hydrogen-bond acceptors (Lipinski definition) is 2. The van der Waals surface area contributed by atoms with Gasteiger partial charge in [-0.3, -0.25) is 0 Å². The molecule has 9 rings (SSSR count). The van der Waals surface area contributed by atoms with Gasteiger partial charge in [-0.15, -0.1) is 0 Å². The Morgan fingerprint density at radius 2 is 0.830 bits per heavy atom. The minimum atomic E-state index is -0.189. The van der Waals surface area contributed by atoms with Crippen LogP contribution in [0.1, 0.15) is 47.2 Å². The molecule has 4 aromatic carbocycles. The molecule has 4 aromatic heterocycles. The first-order valence-corrected chi connectivity index (χ1v) is 16.5. The molecular weight excluding hydrogens is 573 g/mol. The van der Waals surface area contributed by atoms with Crippen molar-refractivity contribution in [3.05, 3.63) is 118 Å². The third kappa shape index (κ3) is 3.82. The Bertz CT molecular complexity index is 2480. The van der Waals surface area contributed by atoms with Gasteiger partial charge in [-0.05, 0) is 97.5 Å². The van der Waals surface area contributed by atoms with Gasteiger partial charge in [0.25, 0.3) is 0 Å². The van der Waals surface area contributed by atoms with E-state index in [2.05, 4.69) is 150 Å². The Hall–Kier alpha value is -5.22. The number of rotatable bonds is 2. The van der Waals surface area contributed by atoms with Crippen LogP contribution in [0.4, 0.5) is 0 Å². The van der Waals surface area contributed by atoms with Gasteiger partial charge in [-0.25, -0.2) is 9.97 Å². The van der Waals surface area contributed by atoms with E-state index in [0.29, 0.717) is 0 Å². The summed E-state index contributed by atoms with van der Waals surface area (Å²) in [4.78, 5) is 10.9. The fourth-order valence-electron chi connectivity index (χ4n) is 8.63. The highest BCUT2D eigenvalue weighted by molar-refractivity contribution is 6.10. The van der Waals surface area contributed by atoms with E-state index in [9.17, 15) is 0 Å². The maximum atomic E-state index is 5.43. The first-order valence-electron chi connectivity index (χ1n) is 16.5. The molecule has 4 heteroatoms. The van der Waals surface area contributed by atoms with E-state index in [0.717, 1.165) is 33.9 Å². The lowest BCUT2D eigenvalue weighted by molar-refractivity contribution is 0.648. The van der Waals surface area contributed by atoms with Gasteiger partial charge in [0.15, 0.2) is 0 Å². The Balaban J connectivity index is 1.22. The van der Waals surface area contributed by atoms with Crippen LogP contribution in [0.25, 0.3) is 77.5 Å². The summed E-state index contributed by atoms with van der Waals surface area (Å²) in [6, 6.07) is 31.6. The van der Waals surface area contributed by atoms with Crippen LogP contribution in [0.2, 0.25) is 0 Å². The van der Waals surface area contributed by atoms with E-state index in [1.54, 1.807) is 0 Å². The average Bonchev–Trinajstić information content (AvgIpc) is 3.58. The molecule has 0 unspecified atom stereocenters. The van der Waals surface area contributed by atoms with Gasteiger partial charge >= 0.3 is 0 Å². The largest absolute Gasteiger partial charge is 0.344 e. The Labute approximate surface area is 275 Å². The maximum Gasteiger partial charge on any atom is 0.0940 e. The lowest BCUT2D eigenvalue weighted by Gasteiger charge is -2.24. The number of aromatic nitrogens is 4. The van der Waals surface area contributed by atoms with Gasteiger partial charge in [0, 0.05) is 74.2 Å². The van der Waals surface area contributed by atoms with Crippen LogP contribution in [0.5, 0.6) is 0 Å². The number of pyridine rings is 2. The molecule has 0 saturated heterocycles. The van der Waals surface area contributed by atoms with Crippen molar-refractivity contribution in [2.75, 3.05) is 0 Å². The summed E-state index contributed by atoms with van der Waals surface area (Å²) in [6.45, 7) is 13.4. The predicted octanol–water partition coefficient (Wildman–Crippen LogP) is 10.6. The van der Waals surface area contributed by atoms with Crippen molar-refractivity contribution in [2.45, 2.75) is 47.0 Å². The highest BCUT2D eigenvalue weighted by Crippen LogP contribution is 2.51. The van der Waals surface area contributed by atoms with Crippen LogP contribution in [0.3, 0.4) is 0 Å². The minimum Gasteiger partial charge on any atom is -0.344 e. The number of benzene rings is 4. The van der Waals surface area contributed by atoms with E-state index in [4.69, 9.17) is 9.97 Å². The molecule has 8 aromatic rings. The van der Waals surface area contributed by atoms with Crippen molar-refractivity contribution in [1.82, 2.24) is 19.1 Å². The fourth-order valence-corrected chi connectivity index (χ4v) is 8.63. The van der Waals surface area contributed by atoms with Crippen molar-refractivity contribution < 1.29 is 0 Å². The van der Waals surface area contributed by atoms with Crippen molar-refractivity contribution in [3.8, 4) is 33.9 Å². The lowest BCUT2D eigenvalue weighted by Crippen LogP contribution is -2.18. The van der Waals surface area contributed by atoms with Crippen molar-refractivity contribution in [2.24, 2.45) is 14.1 Å². The van der Waals surface area contributed by atoms with Crippen molar-refractivity contribution >= 4 is 43.6 Å². The molecule has 230 valence electrons. The van der Waals surface area contributed by atoms with Gasteiger partial charge in [0.05, 0.1) is 22.8 Å². The average molecular weight is 611 g/mol. The molecule has 0 saturated carbocycles. The second-order valence-corrected chi connectivity index (χ2v) is 14.3. The molecule has 1 aliphatic rings. The van der Waals surface area contributed by atoms with E-state index >= 15 is 0 Å². The first kappa shape index (κ1) is 28.0. The second kappa shape index (κ2) is 9.42. The number of nitrogens with zero attached hydrogens (tertiary/aromatic N) is 4. The summed E-state index contributed by atoms with van der Waals surface area (Å²) >= 11 is 0. The van der Waals surface area contributed by atoms with Crippen LogP contribution < -0.4 is 0 Å². The number of fused-ring (bicyclic) bond motifs is 9. The molecule has 0 amide bonds. The zero-order valence-corrected chi connectivity index (χ0v) is 28.4. The molecule has 0 aliphatic heterocycles. The smallest absolute Gasteiger partial charge is 0.0940 e. The van der Waals surface area contributed by atoms with Gasteiger partial charge in [-0.2, -0.15) is 0 Å². The van der Waals surface area contributed by atoms with Crippen LogP contribution in [-0.2, 0) is 19.5 Å². The van der Waals surface area contributed by atoms with Crippen molar-refractivity contribution in [1.29, 1.82) is 0 Å². The number of aryl methyl sites for hydroxylation is 6. The Morgan fingerprint density at radius 3 is 1.23 bits per heavy atom. The van der Waals surface area contributed by atoms with Crippen LogP contribution in [0, 0.1) is 27.7 Å². The normalized spacial score (nSPS) is 13.7. The lowest BCUT2D eigenvalue weighted by atomic mass is 9.79. The molecule has 0 spiro atoms. The van der Waals surface area contributed by atoms with Gasteiger partial charge in [0.1, 0.15) is 0 Å². The van der Waals surface area contributed by atoms with E-state index in [1.807, 2.05) is 0 Å². The zero-order valence-electron chi connectivity index (χ0n) is 28.4. The van der Waals surface area contributed by atoms with Crippen molar-refractivity contribution in [3.63, 3.8) is 0 Å². The van der Waals surface area contributed by atoms with Gasteiger partial charge in [0.2, 0.25) is 0 Å². The molecule has 0 fully saturated rings. The fraction of sp³-hybridized carbons (Fsp3) is 0.209. The first-order chi connectivity index (χ1) is 22.5. The van der Waals surface area contributed by atoms with E-state index in [1.165, 1.54) is 77.0 Å². The summed E-state index contributed by atoms with van der Waals surface area (Å²) in [6.07, 6.45) is 0. The molecule has 0 bridgehead atoms. The van der Waals surface area contributed by atoms with Gasteiger partial charge in [-0.1, -0.05) is 62.4 Å². The Kier molecular flexibility index (Phi) is 5.62. The standard InChI is InChI=1S/C43H38N4/c1-23-9-13-29-31-15-11-27(21-37(31)46(7)35(29)17-23)33-19-25(3)39-41(44-33)42-40(43(39,5)6)26(4)20-34(45-42)28-12-16-32-30-14-10-24(2)18-36(30)47(8)38(32)22-28/h9-22H,1-8H3. The van der Waals surface area contributed by atoms with E-state index < -0.39 is 0 Å². The third-order valence-corrected chi connectivity index (χ3v) is 10.8. The topological polar surface area (TPSA) is 35.6 Å². The summed E-state index contributed by atoms with van der Waals surface area (Å²) in [7, 11) is 4.33. The molecule has 0 radical (unpaired) electrons. The summed E-state index contributed by atoms with van der Waals surface area (Å²) < 4.78 is 4.62. The molecule has 4 heterocycles. The summed E-state index contributed by atoms with van der Waals surface area (Å²) in [5.41, 5.74) is 18.7. The Morgan fingerprint density at radius 1 is 0.468 bits per heavy atom. The zero-order chi connectivity index (χ0) is 32.5. The maximum absolute atomic E-state index is 5.43. The highest BCUT2D eigenvalue weighted by atomic mass is 14.9. The quantitative estimate of drug-likeness (QED) is 0.195. The summed E-state index contributed by atoms with van der Waals surface area (Å²) in [5.74, 6) is 0. The molecule has 4 nitrogen and oxygen atoms in total. The summed E-state index contributed by atoms with van der Waals surface area (Å²) in [5, 5.41) is 5.13. The van der Waals surface area contributed by atoms with E-state index in [-0.39, 0.29) is 5.41 Å². The molecule has 0 N–H and O–H groups in total. The van der Waals surface area contributed by atoms with Crippen LogP contribution in [-0.4, -0.2) is 19.1 Å².